The summed E-state index contributed by atoms with van der Waals surface area (Å²) in [6.07, 6.45) is 1.59. The molecule has 0 spiro atoms. The van der Waals surface area contributed by atoms with Gasteiger partial charge in [0.05, 0.1) is 5.02 Å². The van der Waals surface area contributed by atoms with Crippen LogP contribution in [0.25, 0.3) is 0 Å². The normalized spacial score (nSPS) is 15.7. The molecule has 1 amide bonds. The van der Waals surface area contributed by atoms with E-state index >= 15 is 0 Å². The third kappa shape index (κ3) is 4.84. The Morgan fingerprint density at radius 3 is 2.39 bits per heavy atom. The molecule has 3 heterocycles. The van der Waals surface area contributed by atoms with Crippen molar-refractivity contribution in [2.45, 2.75) is 31.4 Å². The Labute approximate surface area is 169 Å². The molecule has 1 fully saturated rings. The van der Waals surface area contributed by atoms with E-state index in [-0.39, 0.29) is 16.8 Å². The quantitative estimate of drug-likeness (QED) is 0.806. The van der Waals surface area contributed by atoms with Crippen molar-refractivity contribution in [1.82, 2.24) is 14.6 Å². The van der Waals surface area contributed by atoms with Crippen LogP contribution in [0.4, 0.5) is 5.82 Å². The maximum Gasteiger partial charge on any atom is 0.289 e. The van der Waals surface area contributed by atoms with Gasteiger partial charge in [0.1, 0.15) is 5.82 Å². The number of furan rings is 1. The number of carbonyl (C=O) groups is 1. The molecule has 152 valence electrons. The predicted octanol–water partition coefficient (Wildman–Crippen LogP) is 2.37. The molecule has 0 saturated carbocycles. The number of anilines is 1. The lowest BCUT2D eigenvalue weighted by atomic mass is 10.1. The third-order valence-electron chi connectivity index (χ3n) is 4.10. The van der Waals surface area contributed by atoms with Gasteiger partial charge in [-0.15, -0.1) is 0 Å². The first kappa shape index (κ1) is 20.6. The van der Waals surface area contributed by atoms with E-state index in [1.807, 2.05) is 6.07 Å². The van der Waals surface area contributed by atoms with E-state index in [1.54, 1.807) is 37.9 Å². The summed E-state index contributed by atoms with van der Waals surface area (Å²) in [6.45, 7) is 7.37. The number of aromatic nitrogens is 1. The zero-order valence-electron chi connectivity index (χ0n) is 16.0. The van der Waals surface area contributed by atoms with E-state index < -0.39 is 15.6 Å². The molecule has 28 heavy (non-hydrogen) atoms. The highest BCUT2D eigenvalue weighted by atomic mass is 35.5. The summed E-state index contributed by atoms with van der Waals surface area (Å²) in [7, 11) is -3.82. The number of hydrogen-bond donors (Lipinski definition) is 1. The van der Waals surface area contributed by atoms with Crippen LogP contribution in [-0.4, -0.2) is 55.9 Å². The number of sulfonamides is 1. The molecule has 1 N–H and O–H groups in total. The van der Waals surface area contributed by atoms with E-state index in [0.29, 0.717) is 31.2 Å². The number of rotatable bonds is 4. The van der Waals surface area contributed by atoms with Crippen LogP contribution in [-0.2, 0) is 10.0 Å². The van der Waals surface area contributed by atoms with Gasteiger partial charge < -0.3 is 14.2 Å². The SMILES string of the molecule is CC(C)(C)NS(=O)(=O)c1ccc(C(=O)N2CCN(c3ccc(Cl)cn3)CC2)o1. The first-order valence-corrected chi connectivity index (χ1v) is 10.7. The van der Waals surface area contributed by atoms with Crippen LogP contribution in [0.1, 0.15) is 31.3 Å². The minimum Gasteiger partial charge on any atom is -0.438 e. The Morgan fingerprint density at radius 2 is 1.82 bits per heavy atom. The molecule has 3 rings (SSSR count). The summed E-state index contributed by atoms with van der Waals surface area (Å²) >= 11 is 5.86. The predicted molar refractivity (Wildman–Crippen MR) is 106 cm³/mol. The van der Waals surface area contributed by atoms with E-state index in [9.17, 15) is 13.2 Å². The second kappa shape index (κ2) is 7.73. The number of nitrogens with zero attached hydrogens (tertiary/aromatic N) is 3. The van der Waals surface area contributed by atoms with Crippen LogP contribution in [0, 0.1) is 0 Å². The highest BCUT2D eigenvalue weighted by Crippen LogP contribution is 2.20. The molecule has 0 atom stereocenters. The molecule has 1 aliphatic heterocycles. The van der Waals surface area contributed by atoms with Gasteiger partial charge in [-0.1, -0.05) is 11.6 Å². The van der Waals surface area contributed by atoms with Gasteiger partial charge in [0, 0.05) is 37.9 Å². The van der Waals surface area contributed by atoms with Crippen molar-refractivity contribution in [3.63, 3.8) is 0 Å². The summed E-state index contributed by atoms with van der Waals surface area (Å²) in [5.41, 5.74) is -0.651. The Morgan fingerprint density at radius 1 is 1.14 bits per heavy atom. The number of halogens is 1. The molecule has 0 aliphatic carbocycles. The smallest absolute Gasteiger partial charge is 0.289 e. The first-order chi connectivity index (χ1) is 13.0. The van der Waals surface area contributed by atoms with Crippen LogP contribution < -0.4 is 9.62 Å². The largest absolute Gasteiger partial charge is 0.438 e. The van der Waals surface area contributed by atoms with Crippen LogP contribution in [0.15, 0.2) is 40.0 Å². The molecule has 0 bridgehead atoms. The van der Waals surface area contributed by atoms with Gasteiger partial charge in [-0.05, 0) is 45.0 Å². The van der Waals surface area contributed by atoms with Gasteiger partial charge in [0.2, 0.25) is 5.09 Å². The maximum atomic E-state index is 12.7. The number of hydrogen-bond acceptors (Lipinski definition) is 6. The van der Waals surface area contributed by atoms with E-state index in [4.69, 9.17) is 16.0 Å². The second-order valence-electron chi connectivity index (χ2n) is 7.59. The highest BCUT2D eigenvalue weighted by molar-refractivity contribution is 7.89. The Hall–Kier alpha value is -2.10. The topological polar surface area (TPSA) is 95.8 Å². The monoisotopic (exact) mass is 426 g/mol. The van der Waals surface area contributed by atoms with Crippen molar-refractivity contribution in [2.24, 2.45) is 0 Å². The summed E-state index contributed by atoms with van der Waals surface area (Å²) in [4.78, 5) is 20.7. The zero-order valence-corrected chi connectivity index (χ0v) is 17.5. The molecule has 8 nitrogen and oxygen atoms in total. The summed E-state index contributed by atoms with van der Waals surface area (Å²) < 4.78 is 32.5. The third-order valence-corrected chi connectivity index (χ3v) is 5.95. The van der Waals surface area contributed by atoms with Gasteiger partial charge in [-0.2, -0.15) is 0 Å². The van der Waals surface area contributed by atoms with Crippen molar-refractivity contribution in [1.29, 1.82) is 0 Å². The molecular formula is C18H23ClN4O4S. The molecule has 2 aromatic heterocycles. The molecular weight excluding hydrogens is 404 g/mol. The van der Waals surface area contributed by atoms with Crippen molar-refractivity contribution < 1.29 is 17.6 Å². The Balaban J connectivity index is 1.64. The number of carbonyl (C=O) groups excluding carboxylic acids is 1. The van der Waals surface area contributed by atoms with Crippen molar-refractivity contribution in [2.75, 3.05) is 31.1 Å². The fraction of sp³-hybridized carbons (Fsp3) is 0.444. The van der Waals surface area contributed by atoms with Gasteiger partial charge in [0.25, 0.3) is 15.9 Å². The molecule has 10 heteroatoms. The lowest BCUT2D eigenvalue weighted by Crippen LogP contribution is -2.49. The van der Waals surface area contributed by atoms with Crippen molar-refractivity contribution in [3.8, 4) is 0 Å². The minimum atomic E-state index is -3.82. The van der Waals surface area contributed by atoms with E-state index in [1.165, 1.54) is 12.1 Å². The average Bonchev–Trinajstić information content (AvgIpc) is 3.11. The van der Waals surface area contributed by atoms with Crippen LogP contribution in [0.3, 0.4) is 0 Å². The highest BCUT2D eigenvalue weighted by Gasteiger charge is 2.29. The zero-order chi connectivity index (χ0) is 20.5. The summed E-state index contributed by atoms with van der Waals surface area (Å²) in [5, 5.41) is 0.303. The fourth-order valence-corrected chi connectivity index (χ4v) is 4.35. The Kier molecular flexibility index (Phi) is 5.69. The number of piperazine rings is 1. The van der Waals surface area contributed by atoms with Gasteiger partial charge in [0.15, 0.2) is 5.76 Å². The molecule has 1 aliphatic rings. The summed E-state index contributed by atoms with van der Waals surface area (Å²) in [5.74, 6) is 0.476. The van der Waals surface area contributed by atoms with Gasteiger partial charge in [-0.3, -0.25) is 4.79 Å². The molecule has 0 aromatic carbocycles. The average molecular weight is 427 g/mol. The van der Waals surface area contributed by atoms with E-state index in [0.717, 1.165) is 5.82 Å². The number of nitrogens with one attached hydrogen (secondary N) is 1. The standard InChI is InChI=1S/C18H23ClN4O4S/c1-18(2,3)21-28(25,26)16-7-5-14(27-16)17(24)23-10-8-22(9-11-23)15-6-4-13(19)12-20-15/h4-7,12,21H,8-11H2,1-3H3. The lowest BCUT2D eigenvalue weighted by Gasteiger charge is -2.35. The van der Waals surface area contributed by atoms with Gasteiger partial charge >= 0.3 is 0 Å². The number of pyridine rings is 1. The maximum absolute atomic E-state index is 12.7. The fourth-order valence-electron chi connectivity index (χ4n) is 2.88. The minimum absolute atomic E-state index is 0.00681. The van der Waals surface area contributed by atoms with Crippen molar-refractivity contribution in [3.05, 3.63) is 41.2 Å². The molecule has 1 saturated heterocycles. The molecule has 0 radical (unpaired) electrons. The van der Waals surface area contributed by atoms with Crippen molar-refractivity contribution >= 4 is 33.3 Å². The van der Waals surface area contributed by atoms with E-state index in [2.05, 4.69) is 14.6 Å². The molecule has 0 unspecified atom stereocenters. The Bertz CT molecular complexity index is 943. The van der Waals surface area contributed by atoms with Gasteiger partial charge in [-0.25, -0.2) is 18.1 Å². The first-order valence-electron chi connectivity index (χ1n) is 8.85. The van der Waals surface area contributed by atoms with Crippen LogP contribution >= 0.6 is 11.6 Å². The summed E-state index contributed by atoms with van der Waals surface area (Å²) in [6, 6.07) is 6.31. The number of amides is 1. The second-order valence-corrected chi connectivity index (χ2v) is 9.64. The van der Waals surface area contributed by atoms with Crippen LogP contribution in [0.5, 0.6) is 0 Å². The molecule has 2 aromatic rings. The lowest BCUT2D eigenvalue weighted by molar-refractivity contribution is 0.0708. The van der Waals surface area contributed by atoms with Crippen LogP contribution in [0.2, 0.25) is 5.02 Å².